The number of carbonyl (C=O) groups is 1. The van der Waals surface area contributed by atoms with Crippen molar-refractivity contribution in [2.45, 2.75) is 25.7 Å². The van der Waals surface area contributed by atoms with E-state index in [1.165, 1.54) is 23.9 Å². The molecule has 13 nitrogen and oxygen atoms in total. The van der Waals surface area contributed by atoms with E-state index < -0.39 is 11.2 Å². The van der Waals surface area contributed by atoms with E-state index in [0.29, 0.717) is 65.4 Å². The molecule has 7 rings (SSSR count). The number of likely N-dealkylation sites (tertiary alicyclic amines) is 2. The Labute approximate surface area is 306 Å². The molecule has 53 heavy (non-hydrogen) atoms. The number of methoxy groups -OCH3 is 2. The van der Waals surface area contributed by atoms with Gasteiger partial charge in [-0.1, -0.05) is 6.07 Å². The van der Waals surface area contributed by atoms with E-state index in [1.54, 1.807) is 49.3 Å². The molecular weight excluding hydrogens is 676 g/mol. The Bertz CT molecular complexity index is 2300. The van der Waals surface area contributed by atoms with Gasteiger partial charge in [0.2, 0.25) is 0 Å². The molecule has 1 amide bonds. The number of hydrogen-bond donors (Lipinski definition) is 1. The van der Waals surface area contributed by atoms with Crippen molar-refractivity contribution in [3.63, 3.8) is 0 Å². The molecule has 5 heterocycles. The smallest absolute Gasteiger partial charge is 0.333 e. The number of benzene rings is 2. The Morgan fingerprint density at radius 1 is 0.849 bits per heavy atom. The first-order valence-electron chi connectivity index (χ1n) is 18.0. The largest absolute Gasteiger partial charge is 0.495 e. The van der Waals surface area contributed by atoms with Gasteiger partial charge in [0.25, 0.3) is 17.0 Å². The molecule has 0 atom stereocenters. The monoisotopic (exact) mass is 720 g/mol. The topological polar surface area (TPSA) is 141 Å². The minimum absolute atomic E-state index is 0.0841. The molecule has 0 saturated carbocycles. The lowest BCUT2D eigenvalue weighted by Gasteiger charge is -2.37. The minimum atomic E-state index is -0.601. The first-order valence-corrected chi connectivity index (χ1v) is 18.0. The lowest BCUT2D eigenvalue weighted by atomic mass is 9.93. The fourth-order valence-corrected chi connectivity index (χ4v) is 7.52. The molecule has 1 N–H and O–H groups in total. The van der Waals surface area contributed by atoms with Crippen molar-refractivity contribution in [1.82, 2.24) is 28.9 Å². The molecule has 0 spiro atoms. The first kappa shape index (κ1) is 35.7. The Balaban J connectivity index is 0.897. The van der Waals surface area contributed by atoms with E-state index in [-0.39, 0.29) is 11.5 Å². The molecule has 5 aromatic rings. The van der Waals surface area contributed by atoms with Gasteiger partial charge in [0, 0.05) is 68.7 Å². The van der Waals surface area contributed by atoms with E-state index in [4.69, 9.17) is 14.2 Å². The van der Waals surface area contributed by atoms with Crippen molar-refractivity contribution >= 4 is 16.7 Å². The molecule has 2 fully saturated rings. The molecule has 3 aromatic heterocycles. The number of pyridine rings is 2. The van der Waals surface area contributed by atoms with E-state index in [1.807, 2.05) is 35.4 Å². The second-order valence-corrected chi connectivity index (χ2v) is 13.9. The average molecular weight is 721 g/mol. The van der Waals surface area contributed by atoms with Crippen LogP contribution in [0.25, 0.3) is 27.6 Å². The van der Waals surface area contributed by atoms with Gasteiger partial charge in [0.15, 0.2) is 11.5 Å². The SMILES string of the molecule is COc1cc(-c2cn(C)c(=O)c3cnccc23)ccc1OCC1CCN(CC2CCN(C(=O)c3ccc(OC)c(-n4ccc(=O)[nH]c4=O)c3)CC2)CC1. The molecule has 13 heteroatoms. The summed E-state index contributed by atoms with van der Waals surface area (Å²) in [6, 6.07) is 14.1. The maximum Gasteiger partial charge on any atom is 0.333 e. The second-order valence-electron chi connectivity index (χ2n) is 13.9. The van der Waals surface area contributed by atoms with Gasteiger partial charge in [0.05, 0.1) is 31.9 Å². The standard InChI is InChI=1S/C40H44N6O7/c1-43-24-32(30-8-14-41-22-31(30)39(43)49)28-4-7-35(36(21-28)52-3)53-25-27-9-15-44(16-10-27)23-26-11-17-45(18-12-26)38(48)29-5-6-34(51-2)33(20-29)46-19-13-37(47)42-40(46)50/h4-8,13-14,19-22,24,26-27H,9-12,15-18,23,25H2,1-3H3,(H,42,47,50). The zero-order valence-corrected chi connectivity index (χ0v) is 30.2. The predicted molar refractivity (Wildman–Crippen MR) is 201 cm³/mol. The number of rotatable bonds is 10. The summed E-state index contributed by atoms with van der Waals surface area (Å²) >= 11 is 0. The van der Waals surface area contributed by atoms with Crippen molar-refractivity contribution in [3.05, 3.63) is 110 Å². The zero-order valence-electron chi connectivity index (χ0n) is 30.2. The van der Waals surface area contributed by atoms with E-state index >= 15 is 0 Å². The highest BCUT2D eigenvalue weighted by molar-refractivity contribution is 5.96. The number of hydrogen-bond acceptors (Lipinski definition) is 9. The molecule has 0 radical (unpaired) electrons. The van der Waals surface area contributed by atoms with Crippen LogP contribution in [-0.4, -0.2) is 88.4 Å². The van der Waals surface area contributed by atoms with Gasteiger partial charge in [-0.3, -0.25) is 28.9 Å². The highest BCUT2D eigenvalue weighted by Crippen LogP contribution is 2.35. The Kier molecular flexibility index (Phi) is 10.4. The van der Waals surface area contributed by atoms with Crippen molar-refractivity contribution in [2.24, 2.45) is 18.9 Å². The van der Waals surface area contributed by atoms with Crippen LogP contribution in [0.15, 0.2) is 87.7 Å². The van der Waals surface area contributed by atoms with Gasteiger partial charge >= 0.3 is 5.69 Å². The fraction of sp³-hybridized carbons (Fsp3) is 0.375. The lowest BCUT2D eigenvalue weighted by molar-refractivity contribution is 0.0643. The Morgan fingerprint density at radius 3 is 2.32 bits per heavy atom. The average Bonchev–Trinajstić information content (AvgIpc) is 3.19. The second kappa shape index (κ2) is 15.5. The fourth-order valence-electron chi connectivity index (χ4n) is 7.52. The third kappa shape index (κ3) is 7.61. The highest BCUT2D eigenvalue weighted by atomic mass is 16.5. The number of nitrogens with zero attached hydrogens (tertiary/aromatic N) is 5. The van der Waals surface area contributed by atoms with Crippen molar-refractivity contribution in [2.75, 3.05) is 53.6 Å². The summed E-state index contributed by atoms with van der Waals surface area (Å²) in [5, 5.41) is 1.42. The first-order chi connectivity index (χ1) is 25.7. The number of piperidine rings is 2. The van der Waals surface area contributed by atoms with Gasteiger partial charge in [0.1, 0.15) is 5.75 Å². The predicted octanol–water partition coefficient (Wildman–Crippen LogP) is 4.10. The molecule has 2 aromatic carbocycles. The molecule has 0 aliphatic carbocycles. The maximum atomic E-state index is 13.5. The molecule has 276 valence electrons. The normalized spacial score (nSPS) is 15.8. The number of aryl methyl sites for hydroxylation is 1. The van der Waals surface area contributed by atoms with Crippen LogP contribution in [0.5, 0.6) is 17.2 Å². The van der Waals surface area contributed by atoms with Crippen LogP contribution < -0.4 is 31.0 Å². The number of nitrogens with one attached hydrogen (secondary N) is 1. The van der Waals surface area contributed by atoms with Gasteiger partial charge < -0.3 is 28.6 Å². The molecule has 0 unspecified atom stereocenters. The molecule has 2 aliphatic rings. The third-order valence-electron chi connectivity index (χ3n) is 10.6. The minimum Gasteiger partial charge on any atom is -0.495 e. The molecular formula is C40H44N6O7. The number of amides is 1. The van der Waals surface area contributed by atoms with Gasteiger partial charge in [-0.25, -0.2) is 4.79 Å². The van der Waals surface area contributed by atoms with Crippen molar-refractivity contribution in [1.29, 1.82) is 0 Å². The van der Waals surface area contributed by atoms with Crippen LogP contribution in [-0.2, 0) is 7.05 Å². The van der Waals surface area contributed by atoms with E-state index in [9.17, 15) is 19.2 Å². The third-order valence-corrected chi connectivity index (χ3v) is 10.6. The number of carbonyl (C=O) groups excluding carboxylic acids is 1. The van der Waals surface area contributed by atoms with Crippen LogP contribution >= 0.6 is 0 Å². The van der Waals surface area contributed by atoms with Crippen LogP contribution in [0, 0.1) is 11.8 Å². The van der Waals surface area contributed by atoms with Crippen molar-refractivity contribution in [3.8, 4) is 34.1 Å². The van der Waals surface area contributed by atoms with Gasteiger partial charge in [-0.2, -0.15) is 0 Å². The number of aromatic amines is 1. The van der Waals surface area contributed by atoms with Gasteiger partial charge in [-0.05, 0) is 98.0 Å². The van der Waals surface area contributed by atoms with Crippen LogP contribution in [0.2, 0.25) is 0 Å². The van der Waals surface area contributed by atoms with Crippen LogP contribution in [0.4, 0.5) is 0 Å². The summed E-state index contributed by atoms with van der Waals surface area (Å²) in [5.41, 5.74) is 1.53. The summed E-state index contributed by atoms with van der Waals surface area (Å²) in [5.74, 6) is 2.64. The molecule has 2 saturated heterocycles. The lowest BCUT2D eigenvalue weighted by Crippen LogP contribution is -2.43. The van der Waals surface area contributed by atoms with Gasteiger partial charge in [-0.15, -0.1) is 0 Å². The summed E-state index contributed by atoms with van der Waals surface area (Å²) in [4.78, 5) is 61.0. The Morgan fingerprint density at radius 2 is 1.58 bits per heavy atom. The zero-order chi connectivity index (χ0) is 37.1. The summed E-state index contributed by atoms with van der Waals surface area (Å²) in [6.07, 6.45) is 10.5. The number of ether oxygens (including phenoxy) is 3. The van der Waals surface area contributed by atoms with E-state index in [2.05, 4.69) is 14.9 Å². The summed E-state index contributed by atoms with van der Waals surface area (Å²) in [7, 11) is 4.88. The summed E-state index contributed by atoms with van der Waals surface area (Å²) < 4.78 is 20.3. The molecule has 2 aliphatic heterocycles. The molecule has 0 bridgehead atoms. The van der Waals surface area contributed by atoms with Crippen LogP contribution in [0.3, 0.4) is 0 Å². The highest BCUT2D eigenvalue weighted by Gasteiger charge is 2.28. The van der Waals surface area contributed by atoms with E-state index in [0.717, 1.165) is 61.8 Å². The number of aromatic nitrogens is 4. The van der Waals surface area contributed by atoms with Crippen LogP contribution in [0.1, 0.15) is 36.0 Å². The number of fused-ring (bicyclic) bond motifs is 1. The summed E-state index contributed by atoms with van der Waals surface area (Å²) in [6.45, 7) is 4.99. The maximum absolute atomic E-state index is 13.5. The van der Waals surface area contributed by atoms with Crippen molar-refractivity contribution < 1.29 is 19.0 Å². The Hall–Kier alpha value is -5.69. The quantitative estimate of drug-likeness (QED) is 0.226. The number of H-pyrrole nitrogens is 1.